The third-order valence-corrected chi connectivity index (χ3v) is 6.97. The molecule has 5 heterocycles. The molecular formula is C22H30N6O. The predicted molar refractivity (Wildman–Crippen MR) is 115 cm³/mol. The van der Waals surface area contributed by atoms with Crippen LogP contribution < -0.4 is 10.6 Å². The topological polar surface area (TPSA) is 81.8 Å². The number of nitrogens with zero attached hydrogens (tertiary/aromatic N) is 5. The summed E-state index contributed by atoms with van der Waals surface area (Å²) in [5.74, 6) is 1.51. The van der Waals surface area contributed by atoms with E-state index in [1.54, 1.807) is 6.07 Å². The molecule has 4 saturated heterocycles. The molecule has 2 unspecified atom stereocenters. The molecule has 1 aromatic carbocycles. The van der Waals surface area contributed by atoms with Gasteiger partial charge in [-0.05, 0) is 63.5 Å². The Kier molecular flexibility index (Phi) is 4.80. The highest BCUT2D eigenvalue weighted by Crippen LogP contribution is 2.38. The zero-order valence-corrected chi connectivity index (χ0v) is 17.0. The molecule has 1 aromatic heterocycles. The van der Waals surface area contributed by atoms with Gasteiger partial charge in [-0.1, -0.05) is 12.1 Å². The number of phenolic OH excluding ortho intramolecular Hbond substituents is 1. The summed E-state index contributed by atoms with van der Waals surface area (Å²) in [6.45, 7) is 5.67. The monoisotopic (exact) mass is 394 g/mol. The average Bonchev–Trinajstić information content (AvgIpc) is 2.74. The van der Waals surface area contributed by atoms with Crippen LogP contribution in [0.3, 0.4) is 0 Å². The number of rotatable bonds is 4. The molecule has 4 aliphatic heterocycles. The van der Waals surface area contributed by atoms with Crippen molar-refractivity contribution in [3.05, 3.63) is 30.3 Å². The summed E-state index contributed by atoms with van der Waals surface area (Å²) in [5.41, 5.74) is 8.48. The fourth-order valence-corrected chi connectivity index (χ4v) is 5.19. The van der Waals surface area contributed by atoms with Crippen LogP contribution in [-0.2, 0) is 0 Å². The molecule has 2 aromatic rings. The van der Waals surface area contributed by atoms with Gasteiger partial charge in [-0.3, -0.25) is 4.90 Å². The van der Waals surface area contributed by atoms with Gasteiger partial charge < -0.3 is 20.6 Å². The fraction of sp³-hybridized carbons (Fsp3) is 0.545. The molecule has 0 spiro atoms. The minimum atomic E-state index is 0.211. The van der Waals surface area contributed by atoms with Crippen LogP contribution in [-0.4, -0.2) is 77.0 Å². The van der Waals surface area contributed by atoms with Crippen LogP contribution in [0.15, 0.2) is 30.3 Å². The Bertz CT molecular complexity index is 869. The Balaban J connectivity index is 1.29. The van der Waals surface area contributed by atoms with Crippen molar-refractivity contribution in [3.8, 4) is 17.0 Å². The molecule has 0 amide bonds. The Morgan fingerprint density at radius 3 is 2.55 bits per heavy atom. The minimum Gasteiger partial charge on any atom is -0.507 e. The van der Waals surface area contributed by atoms with Gasteiger partial charge in [0, 0.05) is 37.3 Å². The van der Waals surface area contributed by atoms with Gasteiger partial charge in [-0.2, -0.15) is 0 Å². The number of phenols is 1. The molecule has 2 bridgehead atoms. The molecule has 3 N–H and O–H groups in total. The number of nitrogen functional groups attached to an aromatic ring is 1. The molecule has 4 fully saturated rings. The van der Waals surface area contributed by atoms with Gasteiger partial charge in [0.2, 0.25) is 0 Å². The van der Waals surface area contributed by atoms with Gasteiger partial charge in [0.1, 0.15) is 5.75 Å². The van der Waals surface area contributed by atoms with Crippen molar-refractivity contribution in [2.75, 3.05) is 50.4 Å². The third-order valence-electron chi connectivity index (χ3n) is 6.97. The Hall–Kier alpha value is -2.38. The highest BCUT2D eigenvalue weighted by molar-refractivity contribution is 5.74. The number of hydrogen-bond acceptors (Lipinski definition) is 7. The first-order valence-electron chi connectivity index (χ1n) is 10.7. The minimum absolute atomic E-state index is 0.211. The number of aromatic hydroxyl groups is 1. The fourth-order valence-electron chi connectivity index (χ4n) is 5.19. The number of para-hydroxylation sites is 1. The second-order valence-electron chi connectivity index (χ2n) is 8.91. The first-order chi connectivity index (χ1) is 14.1. The zero-order chi connectivity index (χ0) is 20.0. The lowest BCUT2D eigenvalue weighted by atomic mass is 9.84. The van der Waals surface area contributed by atoms with Crippen molar-refractivity contribution in [1.82, 2.24) is 20.0 Å². The van der Waals surface area contributed by atoms with Crippen LogP contribution in [0, 0.1) is 5.92 Å². The lowest BCUT2D eigenvalue weighted by Gasteiger charge is -2.58. The lowest BCUT2D eigenvalue weighted by Crippen LogP contribution is -2.69. The van der Waals surface area contributed by atoms with E-state index < -0.39 is 0 Å². The molecule has 4 aliphatic rings. The number of anilines is 2. The van der Waals surface area contributed by atoms with Crippen LogP contribution in [0.4, 0.5) is 11.5 Å². The number of hydrogen-bond donors (Lipinski definition) is 2. The van der Waals surface area contributed by atoms with Gasteiger partial charge >= 0.3 is 0 Å². The maximum atomic E-state index is 10.2. The van der Waals surface area contributed by atoms with Gasteiger partial charge in [0.15, 0.2) is 5.82 Å². The van der Waals surface area contributed by atoms with Gasteiger partial charge in [-0.15, -0.1) is 10.2 Å². The maximum Gasteiger partial charge on any atom is 0.169 e. The Morgan fingerprint density at radius 1 is 1.10 bits per heavy atom. The van der Waals surface area contributed by atoms with E-state index >= 15 is 0 Å². The summed E-state index contributed by atoms with van der Waals surface area (Å²) < 4.78 is 0. The summed E-state index contributed by atoms with van der Waals surface area (Å²) in [6, 6.07) is 10.4. The standard InChI is InChI=1S/C22H30N6O/c1-26-8-6-15(7-9-26)12-28-16-10-17(28)14-27(13-16)20-11-19(24-25-22(20)23)18-4-2-3-5-21(18)29/h2-5,11,15-17,29H,6-10,12-14H2,1H3,(H2,23,25). The zero-order valence-electron chi connectivity index (χ0n) is 17.0. The average molecular weight is 395 g/mol. The van der Waals surface area contributed by atoms with Gasteiger partial charge in [0.25, 0.3) is 0 Å². The number of likely N-dealkylation sites (tertiary alicyclic amines) is 1. The van der Waals surface area contributed by atoms with Crippen LogP contribution in [0.1, 0.15) is 19.3 Å². The highest BCUT2D eigenvalue weighted by Gasteiger charge is 2.45. The first-order valence-corrected chi connectivity index (χ1v) is 10.7. The van der Waals surface area contributed by atoms with E-state index in [4.69, 9.17) is 5.73 Å². The summed E-state index contributed by atoms with van der Waals surface area (Å²) >= 11 is 0. The van der Waals surface area contributed by atoms with Crippen LogP contribution >= 0.6 is 0 Å². The molecule has 6 rings (SSSR count). The second-order valence-corrected chi connectivity index (χ2v) is 8.91. The Morgan fingerprint density at radius 2 is 1.83 bits per heavy atom. The van der Waals surface area contributed by atoms with Crippen molar-refractivity contribution < 1.29 is 5.11 Å². The van der Waals surface area contributed by atoms with Gasteiger partial charge in [0.05, 0.1) is 11.4 Å². The van der Waals surface area contributed by atoms with E-state index in [0.29, 0.717) is 29.2 Å². The van der Waals surface area contributed by atoms with Crippen molar-refractivity contribution >= 4 is 11.5 Å². The smallest absolute Gasteiger partial charge is 0.169 e. The normalized spacial score (nSPS) is 25.8. The number of aromatic nitrogens is 2. The van der Waals surface area contributed by atoms with E-state index in [2.05, 4.69) is 31.9 Å². The molecule has 0 aliphatic carbocycles. The second kappa shape index (κ2) is 7.46. The molecule has 7 nitrogen and oxygen atoms in total. The molecule has 0 radical (unpaired) electrons. The molecular weight excluding hydrogens is 364 g/mol. The summed E-state index contributed by atoms with van der Waals surface area (Å²) in [6.07, 6.45) is 3.93. The van der Waals surface area contributed by atoms with E-state index in [-0.39, 0.29) is 5.75 Å². The molecule has 0 saturated carbocycles. The summed E-state index contributed by atoms with van der Waals surface area (Å²) in [4.78, 5) is 7.52. The molecule has 154 valence electrons. The SMILES string of the molecule is CN1CCC(CN2C3CC2CN(c2cc(-c4ccccc4O)nnc2N)C3)CC1. The first kappa shape index (κ1) is 18.6. The number of benzene rings is 1. The van der Waals surface area contributed by atoms with E-state index in [1.807, 2.05) is 24.3 Å². The van der Waals surface area contributed by atoms with Crippen molar-refractivity contribution in [2.24, 2.45) is 5.92 Å². The largest absolute Gasteiger partial charge is 0.507 e. The quantitative estimate of drug-likeness (QED) is 0.821. The van der Waals surface area contributed by atoms with Crippen molar-refractivity contribution in [3.63, 3.8) is 0 Å². The van der Waals surface area contributed by atoms with E-state index in [0.717, 1.165) is 24.7 Å². The molecule has 7 heteroatoms. The number of piperazine rings is 1. The summed E-state index contributed by atoms with van der Waals surface area (Å²) in [7, 11) is 2.23. The van der Waals surface area contributed by atoms with Crippen LogP contribution in [0.25, 0.3) is 11.3 Å². The van der Waals surface area contributed by atoms with Crippen LogP contribution in [0.5, 0.6) is 5.75 Å². The highest BCUT2D eigenvalue weighted by atomic mass is 16.3. The maximum absolute atomic E-state index is 10.2. The van der Waals surface area contributed by atoms with Crippen LogP contribution in [0.2, 0.25) is 0 Å². The van der Waals surface area contributed by atoms with Gasteiger partial charge in [-0.25, -0.2) is 0 Å². The number of fused-ring (bicyclic) bond motifs is 2. The lowest BCUT2D eigenvalue weighted by molar-refractivity contribution is -0.0201. The third kappa shape index (κ3) is 3.53. The molecule has 2 atom stereocenters. The van der Waals surface area contributed by atoms with E-state index in [1.165, 1.54) is 38.9 Å². The molecule has 29 heavy (non-hydrogen) atoms. The Labute approximate surface area is 172 Å². The number of nitrogens with two attached hydrogens (primary N) is 1. The van der Waals surface area contributed by atoms with E-state index in [9.17, 15) is 5.11 Å². The predicted octanol–water partition coefficient (Wildman–Crippen LogP) is 2.04. The summed E-state index contributed by atoms with van der Waals surface area (Å²) in [5, 5.41) is 18.6. The van der Waals surface area contributed by atoms with Crippen molar-refractivity contribution in [1.29, 1.82) is 0 Å². The number of piperidine rings is 2. The van der Waals surface area contributed by atoms with Crippen molar-refractivity contribution in [2.45, 2.75) is 31.3 Å².